The third kappa shape index (κ3) is 3.57. The number of benzene rings is 2. The summed E-state index contributed by atoms with van der Waals surface area (Å²) in [4.78, 5) is 0. The Morgan fingerprint density at radius 2 is 1.79 bits per heavy atom. The number of halogens is 3. The lowest BCUT2D eigenvalue weighted by atomic mass is 10.1. The molecule has 0 aliphatic carbocycles. The first-order valence-electron chi connectivity index (χ1n) is 5.95. The summed E-state index contributed by atoms with van der Waals surface area (Å²) in [6.45, 7) is 4.10. The maximum absolute atomic E-state index is 13.2. The van der Waals surface area contributed by atoms with E-state index in [4.69, 9.17) is 0 Å². The van der Waals surface area contributed by atoms with Crippen molar-refractivity contribution >= 4 is 37.5 Å². The van der Waals surface area contributed by atoms with E-state index in [2.05, 4.69) is 43.2 Å². The Balaban J connectivity index is 2.17. The number of hydrogen-bond donors (Lipinski definition) is 1. The molecule has 100 valence electrons. The van der Waals surface area contributed by atoms with Crippen molar-refractivity contribution in [3.05, 3.63) is 62.3 Å². The molecule has 0 amide bonds. The van der Waals surface area contributed by atoms with Gasteiger partial charge in [0, 0.05) is 16.2 Å². The molecule has 1 atom stereocenters. The first kappa shape index (κ1) is 14.5. The molecule has 1 unspecified atom stereocenters. The predicted molar refractivity (Wildman–Crippen MR) is 85.0 cm³/mol. The van der Waals surface area contributed by atoms with Gasteiger partial charge in [-0.25, -0.2) is 4.39 Å². The number of anilines is 1. The molecule has 1 nitrogen and oxygen atoms in total. The topological polar surface area (TPSA) is 12.0 Å². The number of aryl methyl sites for hydroxylation is 1. The summed E-state index contributed by atoms with van der Waals surface area (Å²) in [5, 5.41) is 3.40. The lowest BCUT2D eigenvalue weighted by Gasteiger charge is -2.17. The molecule has 0 aliphatic heterocycles. The Morgan fingerprint density at radius 1 is 1.05 bits per heavy atom. The first-order valence-corrected chi connectivity index (χ1v) is 7.53. The van der Waals surface area contributed by atoms with Crippen molar-refractivity contribution in [2.75, 3.05) is 5.32 Å². The van der Waals surface area contributed by atoms with E-state index in [0.29, 0.717) is 4.47 Å². The number of nitrogens with one attached hydrogen (secondary N) is 1. The fourth-order valence-corrected chi connectivity index (χ4v) is 2.57. The van der Waals surface area contributed by atoms with Crippen molar-refractivity contribution in [2.45, 2.75) is 19.9 Å². The fourth-order valence-electron chi connectivity index (χ4n) is 1.80. The van der Waals surface area contributed by atoms with Crippen LogP contribution in [0.4, 0.5) is 10.1 Å². The summed E-state index contributed by atoms with van der Waals surface area (Å²) in [5.74, 6) is -0.242. The second kappa shape index (κ2) is 6.06. The van der Waals surface area contributed by atoms with Crippen LogP contribution in [0.5, 0.6) is 0 Å². The van der Waals surface area contributed by atoms with Crippen molar-refractivity contribution in [1.82, 2.24) is 0 Å². The fraction of sp³-hybridized carbons (Fsp3) is 0.200. The summed E-state index contributed by atoms with van der Waals surface area (Å²) in [6, 6.07) is 11.3. The summed E-state index contributed by atoms with van der Waals surface area (Å²) >= 11 is 6.73. The standard InChI is InChI=1S/C15H14Br2FN/c1-9-3-5-12(8-13(9)16)19-10(2)11-4-6-15(18)14(17)7-11/h3-8,10,19H,1-2H3. The molecular formula is C15H14Br2FN. The van der Waals surface area contributed by atoms with Gasteiger partial charge in [0.1, 0.15) is 5.82 Å². The van der Waals surface area contributed by atoms with E-state index in [1.807, 2.05) is 26.0 Å². The molecule has 0 spiro atoms. The van der Waals surface area contributed by atoms with Crippen LogP contribution in [0, 0.1) is 12.7 Å². The van der Waals surface area contributed by atoms with Crippen molar-refractivity contribution in [2.24, 2.45) is 0 Å². The van der Waals surface area contributed by atoms with Gasteiger partial charge in [0.2, 0.25) is 0 Å². The van der Waals surface area contributed by atoms with Crippen LogP contribution in [0.25, 0.3) is 0 Å². The molecule has 19 heavy (non-hydrogen) atoms. The van der Waals surface area contributed by atoms with Gasteiger partial charge < -0.3 is 5.32 Å². The van der Waals surface area contributed by atoms with Crippen LogP contribution < -0.4 is 5.32 Å². The van der Waals surface area contributed by atoms with Gasteiger partial charge in [0.25, 0.3) is 0 Å². The number of rotatable bonds is 3. The molecule has 0 saturated heterocycles. The second-order valence-electron chi connectivity index (χ2n) is 4.50. The molecule has 0 fully saturated rings. The van der Waals surface area contributed by atoms with E-state index < -0.39 is 0 Å². The van der Waals surface area contributed by atoms with Gasteiger partial charge in [0.15, 0.2) is 0 Å². The van der Waals surface area contributed by atoms with E-state index in [9.17, 15) is 4.39 Å². The molecule has 0 heterocycles. The van der Waals surface area contributed by atoms with Gasteiger partial charge in [-0.2, -0.15) is 0 Å². The van der Waals surface area contributed by atoms with E-state index in [1.165, 1.54) is 11.6 Å². The zero-order valence-electron chi connectivity index (χ0n) is 10.7. The molecule has 4 heteroatoms. The van der Waals surface area contributed by atoms with E-state index in [0.717, 1.165) is 15.7 Å². The van der Waals surface area contributed by atoms with Gasteiger partial charge in [-0.1, -0.05) is 28.1 Å². The van der Waals surface area contributed by atoms with Crippen LogP contribution in [0.3, 0.4) is 0 Å². The average Bonchev–Trinajstić information content (AvgIpc) is 2.37. The molecular weight excluding hydrogens is 373 g/mol. The third-order valence-electron chi connectivity index (χ3n) is 3.00. The van der Waals surface area contributed by atoms with E-state index in [-0.39, 0.29) is 11.9 Å². The normalized spacial score (nSPS) is 12.3. The molecule has 0 aliphatic rings. The highest BCUT2D eigenvalue weighted by Gasteiger charge is 2.08. The van der Waals surface area contributed by atoms with E-state index >= 15 is 0 Å². The van der Waals surface area contributed by atoms with Gasteiger partial charge in [0.05, 0.1) is 4.47 Å². The Morgan fingerprint density at radius 3 is 2.42 bits per heavy atom. The van der Waals surface area contributed by atoms with Crippen LogP contribution in [0.15, 0.2) is 45.3 Å². The Bertz CT molecular complexity index is 599. The molecule has 1 N–H and O–H groups in total. The third-order valence-corrected chi connectivity index (χ3v) is 4.46. The summed E-state index contributed by atoms with van der Waals surface area (Å²) in [5.41, 5.74) is 3.26. The van der Waals surface area contributed by atoms with Crippen molar-refractivity contribution in [3.63, 3.8) is 0 Å². The smallest absolute Gasteiger partial charge is 0.137 e. The summed E-state index contributed by atoms with van der Waals surface area (Å²) < 4.78 is 14.8. The minimum absolute atomic E-state index is 0.103. The van der Waals surface area contributed by atoms with Crippen molar-refractivity contribution < 1.29 is 4.39 Å². The minimum Gasteiger partial charge on any atom is -0.378 e. The average molecular weight is 387 g/mol. The molecule has 2 aromatic rings. The molecule has 2 aromatic carbocycles. The molecule has 0 saturated carbocycles. The Kier molecular flexibility index (Phi) is 4.63. The minimum atomic E-state index is -0.242. The van der Waals surface area contributed by atoms with Crippen LogP contribution >= 0.6 is 31.9 Å². The summed E-state index contributed by atoms with van der Waals surface area (Å²) in [6.07, 6.45) is 0. The van der Waals surface area contributed by atoms with Gasteiger partial charge >= 0.3 is 0 Å². The zero-order chi connectivity index (χ0) is 14.0. The van der Waals surface area contributed by atoms with Gasteiger partial charge in [-0.15, -0.1) is 0 Å². The maximum Gasteiger partial charge on any atom is 0.137 e. The highest BCUT2D eigenvalue weighted by Crippen LogP contribution is 2.26. The second-order valence-corrected chi connectivity index (χ2v) is 6.21. The lowest BCUT2D eigenvalue weighted by molar-refractivity contribution is 0.619. The molecule has 0 aromatic heterocycles. The largest absolute Gasteiger partial charge is 0.378 e. The van der Waals surface area contributed by atoms with Crippen LogP contribution in [-0.2, 0) is 0 Å². The van der Waals surface area contributed by atoms with Gasteiger partial charge in [-0.05, 0) is 65.2 Å². The molecule has 2 rings (SSSR count). The maximum atomic E-state index is 13.2. The SMILES string of the molecule is Cc1ccc(NC(C)c2ccc(F)c(Br)c2)cc1Br. The molecule has 0 bridgehead atoms. The highest BCUT2D eigenvalue weighted by atomic mass is 79.9. The van der Waals surface area contributed by atoms with Crippen molar-refractivity contribution in [1.29, 1.82) is 0 Å². The molecule has 0 radical (unpaired) electrons. The Labute approximate surface area is 129 Å². The lowest BCUT2D eigenvalue weighted by Crippen LogP contribution is -2.06. The van der Waals surface area contributed by atoms with Crippen LogP contribution in [0.1, 0.15) is 24.1 Å². The zero-order valence-corrected chi connectivity index (χ0v) is 13.8. The van der Waals surface area contributed by atoms with Crippen molar-refractivity contribution in [3.8, 4) is 0 Å². The number of hydrogen-bond acceptors (Lipinski definition) is 1. The highest BCUT2D eigenvalue weighted by molar-refractivity contribution is 9.10. The van der Waals surface area contributed by atoms with Crippen LogP contribution in [0.2, 0.25) is 0 Å². The van der Waals surface area contributed by atoms with Gasteiger partial charge in [-0.3, -0.25) is 0 Å². The first-order chi connectivity index (χ1) is 8.97. The van der Waals surface area contributed by atoms with E-state index in [1.54, 1.807) is 12.1 Å². The monoisotopic (exact) mass is 385 g/mol. The summed E-state index contributed by atoms with van der Waals surface area (Å²) in [7, 11) is 0. The predicted octanol–water partition coefficient (Wildman–Crippen LogP) is 5.83. The Hall–Kier alpha value is -0.870. The quantitative estimate of drug-likeness (QED) is 0.699. The van der Waals surface area contributed by atoms with Crippen LogP contribution in [-0.4, -0.2) is 0 Å².